The first kappa shape index (κ1) is 15.5. The minimum absolute atomic E-state index is 0.0600. The van der Waals surface area contributed by atoms with Crippen molar-refractivity contribution in [2.45, 2.75) is 13.3 Å². The van der Waals surface area contributed by atoms with Gasteiger partial charge in [-0.1, -0.05) is 23.7 Å². The van der Waals surface area contributed by atoms with Crippen LogP contribution in [0.1, 0.15) is 21.8 Å². The number of carbonyl (C=O) groups is 1. The van der Waals surface area contributed by atoms with Gasteiger partial charge in [0.1, 0.15) is 9.88 Å². The number of amides is 1. The van der Waals surface area contributed by atoms with Crippen molar-refractivity contribution in [3.8, 4) is 10.6 Å². The van der Waals surface area contributed by atoms with E-state index in [-0.39, 0.29) is 5.91 Å². The van der Waals surface area contributed by atoms with E-state index >= 15 is 0 Å². The minimum Gasteiger partial charge on any atom is -0.381 e. The molecule has 0 unspecified atom stereocenters. The fraction of sp³-hybridized carbons (Fsp3) is 0.375. The molecule has 2 aromatic rings. The fourth-order valence-electron chi connectivity index (χ4n) is 2.41. The van der Waals surface area contributed by atoms with E-state index in [1.165, 1.54) is 11.3 Å². The lowest BCUT2D eigenvalue weighted by atomic mass is 10.1. The topological polar surface area (TPSA) is 51.2 Å². The van der Waals surface area contributed by atoms with Crippen LogP contribution in [-0.2, 0) is 4.74 Å². The molecule has 0 radical (unpaired) electrons. The predicted octanol–water partition coefficient (Wildman–Crippen LogP) is 3.54. The predicted molar refractivity (Wildman–Crippen MR) is 88.6 cm³/mol. The zero-order valence-electron chi connectivity index (χ0n) is 12.3. The molecule has 0 spiro atoms. The summed E-state index contributed by atoms with van der Waals surface area (Å²) in [5.41, 5.74) is 1.68. The average molecular weight is 337 g/mol. The van der Waals surface area contributed by atoms with Crippen molar-refractivity contribution in [2.75, 3.05) is 19.8 Å². The van der Waals surface area contributed by atoms with Gasteiger partial charge in [0.15, 0.2) is 0 Å². The van der Waals surface area contributed by atoms with Gasteiger partial charge in [-0.3, -0.25) is 4.79 Å². The second kappa shape index (κ2) is 6.77. The number of aryl methyl sites for hydroxylation is 1. The van der Waals surface area contributed by atoms with Crippen LogP contribution < -0.4 is 5.32 Å². The highest BCUT2D eigenvalue weighted by molar-refractivity contribution is 7.17. The molecule has 1 N–H and O–H groups in total. The van der Waals surface area contributed by atoms with Crippen molar-refractivity contribution in [3.63, 3.8) is 0 Å². The first-order chi connectivity index (χ1) is 10.6. The highest BCUT2D eigenvalue weighted by Gasteiger charge is 2.20. The van der Waals surface area contributed by atoms with E-state index in [1.807, 2.05) is 31.2 Å². The molecule has 1 aromatic carbocycles. The van der Waals surface area contributed by atoms with E-state index < -0.39 is 0 Å². The highest BCUT2D eigenvalue weighted by Crippen LogP contribution is 2.29. The third kappa shape index (κ3) is 3.48. The van der Waals surface area contributed by atoms with Gasteiger partial charge in [0.2, 0.25) is 0 Å². The molecule has 1 aliphatic rings. The molecule has 4 nitrogen and oxygen atoms in total. The number of nitrogens with one attached hydrogen (secondary N) is 1. The maximum absolute atomic E-state index is 12.3. The van der Waals surface area contributed by atoms with Gasteiger partial charge in [0.05, 0.1) is 12.3 Å². The molecule has 0 bridgehead atoms. The first-order valence-electron chi connectivity index (χ1n) is 7.23. The Kier molecular flexibility index (Phi) is 4.76. The van der Waals surface area contributed by atoms with Crippen molar-refractivity contribution in [1.29, 1.82) is 0 Å². The molecule has 3 rings (SSSR count). The largest absolute Gasteiger partial charge is 0.381 e. The van der Waals surface area contributed by atoms with Gasteiger partial charge in [0.25, 0.3) is 5.91 Å². The Bertz CT molecular complexity index is 681. The molecule has 1 atom stereocenters. The zero-order chi connectivity index (χ0) is 15.5. The molecule has 6 heteroatoms. The Labute approximate surface area is 138 Å². The van der Waals surface area contributed by atoms with Crippen LogP contribution in [0.15, 0.2) is 24.3 Å². The summed E-state index contributed by atoms with van der Waals surface area (Å²) in [5, 5.41) is 4.46. The smallest absolute Gasteiger partial charge is 0.263 e. The summed E-state index contributed by atoms with van der Waals surface area (Å²) < 4.78 is 5.32. The monoisotopic (exact) mass is 336 g/mol. The van der Waals surface area contributed by atoms with Gasteiger partial charge in [-0.15, -0.1) is 11.3 Å². The first-order valence-corrected chi connectivity index (χ1v) is 8.42. The fourth-order valence-corrected chi connectivity index (χ4v) is 3.58. The molecule has 116 valence electrons. The normalized spacial score (nSPS) is 17.6. The van der Waals surface area contributed by atoms with Gasteiger partial charge in [-0.25, -0.2) is 4.98 Å². The number of nitrogens with zero attached hydrogens (tertiary/aromatic N) is 1. The molecule has 1 aliphatic heterocycles. The number of aromatic nitrogens is 1. The Hall–Kier alpha value is -1.43. The van der Waals surface area contributed by atoms with Crippen molar-refractivity contribution >= 4 is 28.8 Å². The molecule has 0 aliphatic carbocycles. The molecule has 0 saturated carbocycles. The minimum atomic E-state index is -0.0600. The van der Waals surface area contributed by atoms with E-state index in [0.29, 0.717) is 22.4 Å². The maximum atomic E-state index is 12.3. The Balaban J connectivity index is 1.72. The van der Waals surface area contributed by atoms with E-state index in [0.717, 1.165) is 35.9 Å². The molecule has 1 saturated heterocycles. The van der Waals surface area contributed by atoms with Crippen molar-refractivity contribution < 1.29 is 9.53 Å². The van der Waals surface area contributed by atoms with Gasteiger partial charge in [-0.2, -0.15) is 0 Å². The van der Waals surface area contributed by atoms with E-state index in [4.69, 9.17) is 16.3 Å². The maximum Gasteiger partial charge on any atom is 0.263 e. The van der Waals surface area contributed by atoms with Crippen LogP contribution in [0.3, 0.4) is 0 Å². The molecular weight excluding hydrogens is 320 g/mol. The summed E-state index contributed by atoms with van der Waals surface area (Å²) in [6, 6.07) is 7.51. The number of ether oxygens (including phenoxy) is 1. The second-order valence-corrected chi connectivity index (χ2v) is 6.82. The molecular formula is C16H17ClN2O2S. The van der Waals surface area contributed by atoms with E-state index in [9.17, 15) is 4.79 Å². The van der Waals surface area contributed by atoms with Gasteiger partial charge in [0, 0.05) is 29.7 Å². The number of carbonyl (C=O) groups excluding carboxylic acids is 1. The Morgan fingerprint density at radius 3 is 3.14 bits per heavy atom. The lowest BCUT2D eigenvalue weighted by Gasteiger charge is -2.08. The molecule has 1 aromatic heterocycles. The number of thiazole rings is 1. The summed E-state index contributed by atoms with van der Waals surface area (Å²) in [6.45, 7) is 4.04. The molecule has 1 amide bonds. The quantitative estimate of drug-likeness (QED) is 0.929. The molecule has 22 heavy (non-hydrogen) atoms. The van der Waals surface area contributed by atoms with Gasteiger partial charge < -0.3 is 10.1 Å². The standard InChI is InChI=1S/C16H17ClN2O2S/c1-10-14(15(20)18-8-11-5-6-21-9-11)22-16(19-10)12-3-2-4-13(17)7-12/h2-4,7,11H,5-6,8-9H2,1H3,(H,18,20)/t11-/m0/s1. The summed E-state index contributed by atoms with van der Waals surface area (Å²) in [4.78, 5) is 17.5. The van der Waals surface area contributed by atoms with Gasteiger partial charge in [-0.05, 0) is 25.5 Å². The average Bonchev–Trinajstić information content (AvgIpc) is 3.14. The van der Waals surface area contributed by atoms with Crippen LogP contribution >= 0.6 is 22.9 Å². The second-order valence-electron chi connectivity index (χ2n) is 5.38. The van der Waals surface area contributed by atoms with Crippen molar-refractivity contribution in [1.82, 2.24) is 10.3 Å². The summed E-state index contributed by atoms with van der Waals surface area (Å²) in [7, 11) is 0. The van der Waals surface area contributed by atoms with Crippen LogP contribution in [0, 0.1) is 12.8 Å². The van der Waals surface area contributed by atoms with Crippen LogP contribution in [-0.4, -0.2) is 30.6 Å². The summed E-state index contributed by atoms with van der Waals surface area (Å²) >= 11 is 7.41. The van der Waals surface area contributed by atoms with Crippen LogP contribution in [0.5, 0.6) is 0 Å². The number of benzene rings is 1. The van der Waals surface area contributed by atoms with Crippen LogP contribution in [0.4, 0.5) is 0 Å². The van der Waals surface area contributed by atoms with Crippen LogP contribution in [0.2, 0.25) is 5.02 Å². The number of hydrogen-bond acceptors (Lipinski definition) is 4. The number of halogens is 1. The zero-order valence-corrected chi connectivity index (χ0v) is 13.8. The summed E-state index contributed by atoms with van der Waals surface area (Å²) in [6.07, 6.45) is 1.01. The van der Waals surface area contributed by atoms with E-state index in [1.54, 1.807) is 0 Å². The van der Waals surface area contributed by atoms with Crippen LogP contribution in [0.25, 0.3) is 10.6 Å². The van der Waals surface area contributed by atoms with Crippen molar-refractivity contribution in [3.05, 3.63) is 39.9 Å². The molecule has 1 fully saturated rings. The van der Waals surface area contributed by atoms with Gasteiger partial charge >= 0.3 is 0 Å². The van der Waals surface area contributed by atoms with E-state index in [2.05, 4.69) is 10.3 Å². The number of hydrogen-bond donors (Lipinski definition) is 1. The lowest BCUT2D eigenvalue weighted by Crippen LogP contribution is -2.29. The molecule has 2 heterocycles. The Morgan fingerprint density at radius 1 is 1.55 bits per heavy atom. The highest BCUT2D eigenvalue weighted by atomic mass is 35.5. The lowest BCUT2D eigenvalue weighted by molar-refractivity contribution is 0.0948. The Morgan fingerprint density at radius 2 is 2.41 bits per heavy atom. The van der Waals surface area contributed by atoms with Crippen molar-refractivity contribution in [2.24, 2.45) is 5.92 Å². The SMILES string of the molecule is Cc1nc(-c2cccc(Cl)c2)sc1C(=O)NC[C@@H]1CCOC1. The number of rotatable bonds is 4. The summed E-state index contributed by atoms with van der Waals surface area (Å²) in [5.74, 6) is 0.361. The third-order valence-electron chi connectivity index (χ3n) is 3.65. The third-order valence-corrected chi connectivity index (χ3v) is 5.09.